The third kappa shape index (κ3) is 3.73. The number of para-hydroxylation sites is 1. The first-order valence-electron chi connectivity index (χ1n) is 5.45. The van der Waals surface area contributed by atoms with E-state index in [0.29, 0.717) is 13.2 Å². The summed E-state index contributed by atoms with van der Waals surface area (Å²) in [6, 6.07) is 16.0. The van der Waals surface area contributed by atoms with Gasteiger partial charge in [-0.1, -0.05) is 42.5 Å². The maximum atomic E-state index is 5.82. The van der Waals surface area contributed by atoms with Gasteiger partial charge in [0.25, 0.3) is 0 Å². The zero-order chi connectivity index (χ0) is 12.1. The normalized spacial score (nSPS) is 9.67. The standard InChI is InChI=1S/C14H14BrNO.ClH/c15-13-8-4-7-12(9-16)14(13)17-10-11-5-2-1-3-6-11;/h1-8H,9-10,16H2;1H. The van der Waals surface area contributed by atoms with E-state index in [9.17, 15) is 0 Å². The van der Waals surface area contributed by atoms with Gasteiger partial charge in [0, 0.05) is 12.1 Å². The molecule has 0 unspecified atom stereocenters. The van der Waals surface area contributed by atoms with Crippen LogP contribution in [-0.4, -0.2) is 0 Å². The van der Waals surface area contributed by atoms with Crippen LogP contribution >= 0.6 is 28.3 Å². The molecule has 0 saturated heterocycles. The third-order valence-corrected chi connectivity index (χ3v) is 3.12. The Hall–Kier alpha value is -1.03. The number of rotatable bonds is 4. The van der Waals surface area contributed by atoms with Crippen molar-refractivity contribution in [3.63, 3.8) is 0 Å². The average molecular weight is 329 g/mol. The molecule has 0 aromatic heterocycles. The van der Waals surface area contributed by atoms with Crippen molar-refractivity contribution in [3.8, 4) is 5.75 Å². The molecule has 0 saturated carbocycles. The second-order valence-electron chi connectivity index (χ2n) is 3.71. The van der Waals surface area contributed by atoms with Gasteiger partial charge >= 0.3 is 0 Å². The largest absolute Gasteiger partial charge is 0.487 e. The molecule has 0 radical (unpaired) electrons. The van der Waals surface area contributed by atoms with Crippen LogP contribution in [0.2, 0.25) is 0 Å². The molecule has 4 heteroatoms. The van der Waals surface area contributed by atoms with Gasteiger partial charge in [-0.25, -0.2) is 0 Å². The van der Waals surface area contributed by atoms with Gasteiger partial charge in [0.1, 0.15) is 12.4 Å². The summed E-state index contributed by atoms with van der Waals surface area (Å²) in [6.07, 6.45) is 0. The van der Waals surface area contributed by atoms with E-state index in [1.165, 1.54) is 0 Å². The average Bonchev–Trinajstić information content (AvgIpc) is 2.38. The molecule has 2 aromatic carbocycles. The number of nitrogens with two attached hydrogens (primary N) is 1. The molecule has 0 aliphatic rings. The number of benzene rings is 2. The lowest BCUT2D eigenvalue weighted by Gasteiger charge is -2.12. The number of hydrogen-bond donors (Lipinski definition) is 1. The van der Waals surface area contributed by atoms with E-state index < -0.39 is 0 Å². The molecular formula is C14H15BrClNO. The third-order valence-electron chi connectivity index (χ3n) is 2.49. The number of hydrogen-bond acceptors (Lipinski definition) is 2. The van der Waals surface area contributed by atoms with Gasteiger partial charge < -0.3 is 10.5 Å². The van der Waals surface area contributed by atoms with E-state index in [2.05, 4.69) is 15.9 Å². The first-order chi connectivity index (χ1) is 8.31. The lowest BCUT2D eigenvalue weighted by atomic mass is 10.2. The molecule has 2 nitrogen and oxygen atoms in total. The summed E-state index contributed by atoms with van der Waals surface area (Å²) in [5.41, 5.74) is 7.84. The van der Waals surface area contributed by atoms with Gasteiger partial charge in [0.15, 0.2) is 0 Å². The predicted molar refractivity (Wildman–Crippen MR) is 80.1 cm³/mol. The fraction of sp³-hybridized carbons (Fsp3) is 0.143. The Bertz CT molecular complexity index is 490. The smallest absolute Gasteiger partial charge is 0.138 e. The van der Waals surface area contributed by atoms with E-state index in [1.54, 1.807) is 0 Å². The van der Waals surface area contributed by atoms with Gasteiger partial charge in [0.05, 0.1) is 4.47 Å². The topological polar surface area (TPSA) is 35.2 Å². The van der Waals surface area contributed by atoms with Crippen molar-refractivity contribution in [2.75, 3.05) is 0 Å². The van der Waals surface area contributed by atoms with Crippen molar-refractivity contribution in [1.29, 1.82) is 0 Å². The molecule has 0 aliphatic carbocycles. The maximum absolute atomic E-state index is 5.82. The highest BCUT2D eigenvalue weighted by molar-refractivity contribution is 9.10. The minimum absolute atomic E-state index is 0. The highest BCUT2D eigenvalue weighted by atomic mass is 79.9. The second kappa shape index (κ2) is 7.41. The molecule has 0 bridgehead atoms. The first kappa shape index (κ1) is 15.0. The van der Waals surface area contributed by atoms with E-state index >= 15 is 0 Å². The van der Waals surface area contributed by atoms with Crippen molar-refractivity contribution < 1.29 is 4.74 Å². The van der Waals surface area contributed by atoms with Crippen molar-refractivity contribution in [3.05, 3.63) is 64.1 Å². The van der Waals surface area contributed by atoms with Crippen LogP contribution in [0.3, 0.4) is 0 Å². The van der Waals surface area contributed by atoms with E-state index in [0.717, 1.165) is 21.3 Å². The zero-order valence-electron chi connectivity index (χ0n) is 9.80. The molecule has 2 aromatic rings. The molecule has 18 heavy (non-hydrogen) atoms. The quantitative estimate of drug-likeness (QED) is 0.923. The van der Waals surface area contributed by atoms with Crippen LogP contribution in [0.25, 0.3) is 0 Å². The van der Waals surface area contributed by atoms with Crippen LogP contribution in [0.5, 0.6) is 5.75 Å². The van der Waals surface area contributed by atoms with Gasteiger partial charge in [-0.3, -0.25) is 0 Å². The molecule has 96 valence electrons. The van der Waals surface area contributed by atoms with Crippen molar-refractivity contribution >= 4 is 28.3 Å². The summed E-state index contributed by atoms with van der Waals surface area (Å²) >= 11 is 3.48. The fourth-order valence-electron chi connectivity index (χ4n) is 1.61. The lowest BCUT2D eigenvalue weighted by molar-refractivity contribution is 0.301. The Labute approximate surface area is 122 Å². The predicted octanol–water partition coefficient (Wildman–Crippen LogP) is 3.91. The molecule has 2 rings (SSSR count). The molecule has 0 spiro atoms. The molecular weight excluding hydrogens is 314 g/mol. The van der Waals surface area contributed by atoms with Crippen molar-refractivity contribution in [1.82, 2.24) is 0 Å². The van der Waals surface area contributed by atoms with Crippen LogP contribution in [0, 0.1) is 0 Å². The number of ether oxygens (including phenoxy) is 1. The van der Waals surface area contributed by atoms with Crippen LogP contribution in [0.4, 0.5) is 0 Å². The van der Waals surface area contributed by atoms with Gasteiger partial charge in [-0.05, 0) is 27.6 Å². The molecule has 0 amide bonds. The summed E-state index contributed by atoms with van der Waals surface area (Å²) in [5.74, 6) is 0.832. The SMILES string of the molecule is Cl.NCc1cccc(Br)c1OCc1ccccc1. The first-order valence-corrected chi connectivity index (χ1v) is 6.24. The second-order valence-corrected chi connectivity index (χ2v) is 4.56. The Kier molecular flexibility index (Phi) is 6.19. The fourth-order valence-corrected chi connectivity index (χ4v) is 2.13. The number of halogens is 2. The molecule has 0 fully saturated rings. The molecule has 0 atom stereocenters. The Morgan fingerprint density at radius 1 is 1.00 bits per heavy atom. The van der Waals surface area contributed by atoms with E-state index in [4.69, 9.17) is 10.5 Å². The van der Waals surface area contributed by atoms with Gasteiger partial charge in [0.2, 0.25) is 0 Å². The van der Waals surface area contributed by atoms with Crippen LogP contribution in [0.15, 0.2) is 53.0 Å². The molecule has 2 N–H and O–H groups in total. The summed E-state index contributed by atoms with van der Waals surface area (Å²) in [6.45, 7) is 1.03. The van der Waals surface area contributed by atoms with Crippen molar-refractivity contribution in [2.24, 2.45) is 5.73 Å². The highest BCUT2D eigenvalue weighted by Crippen LogP contribution is 2.29. The molecule has 0 heterocycles. The minimum Gasteiger partial charge on any atom is -0.487 e. The highest BCUT2D eigenvalue weighted by Gasteiger charge is 2.06. The minimum atomic E-state index is 0. The van der Waals surface area contributed by atoms with Crippen LogP contribution in [-0.2, 0) is 13.2 Å². The summed E-state index contributed by atoms with van der Waals surface area (Å²) in [7, 11) is 0. The van der Waals surface area contributed by atoms with E-state index in [1.807, 2.05) is 48.5 Å². The lowest BCUT2D eigenvalue weighted by Crippen LogP contribution is -2.03. The summed E-state index contributed by atoms with van der Waals surface area (Å²) < 4.78 is 6.76. The summed E-state index contributed by atoms with van der Waals surface area (Å²) in [4.78, 5) is 0. The maximum Gasteiger partial charge on any atom is 0.138 e. The zero-order valence-corrected chi connectivity index (χ0v) is 12.2. The van der Waals surface area contributed by atoms with Gasteiger partial charge in [-0.2, -0.15) is 0 Å². The Morgan fingerprint density at radius 2 is 1.72 bits per heavy atom. The van der Waals surface area contributed by atoms with Crippen molar-refractivity contribution in [2.45, 2.75) is 13.2 Å². The van der Waals surface area contributed by atoms with Gasteiger partial charge in [-0.15, -0.1) is 12.4 Å². The summed E-state index contributed by atoms with van der Waals surface area (Å²) in [5, 5.41) is 0. The van der Waals surface area contributed by atoms with Crippen LogP contribution in [0.1, 0.15) is 11.1 Å². The monoisotopic (exact) mass is 327 g/mol. The molecule has 0 aliphatic heterocycles. The van der Waals surface area contributed by atoms with E-state index in [-0.39, 0.29) is 12.4 Å². The Balaban J connectivity index is 0.00000162. The van der Waals surface area contributed by atoms with Crippen LogP contribution < -0.4 is 10.5 Å². The Morgan fingerprint density at radius 3 is 2.39 bits per heavy atom.